The van der Waals surface area contributed by atoms with Crippen LogP contribution in [-0.2, 0) is 24.5 Å². The highest BCUT2D eigenvalue weighted by molar-refractivity contribution is 5.47. The summed E-state index contributed by atoms with van der Waals surface area (Å²) in [6, 6.07) is 31.2. The van der Waals surface area contributed by atoms with Crippen molar-refractivity contribution in [3.63, 3.8) is 0 Å². The minimum atomic E-state index is -0.723. The first-order valence-electron chi connectivity index (χ1n) is 15.0. The van der Waals surface area contributed by atoms with Crippen molar-refractivity contribution in [1.82, 2.24) is 0 Å². The Morgan fingerprint density at radius 2 is 1.00 bits per heavy atom. The Balaban J connectivity index is 1.38. The molecule has 0 aliphatic carbocycles. The number of ether oxygens (including phenoxy) is 4. The molecule has 3 rings (SSSR count). The normalized spacial score (nSPS) is 12.4. The average molecular weight is 548 g/mol. The van der Waals surface area contributed by atoms with E-state index in [0.29, 0.717) is 45.6 Å². The van der Waals surface area contributed by atoms with Gasteiger partial charge in [0.25, 0.3) is 0 Å². The molecule has 5 heteroatoms. The van der Waals surface area contributed by atoms with Crippen molar-refractivity contribution in [2.45, 2.75) is 51.0 Å². The van der Waals surface area contributed by atoms with Crippen molar-refractivity contribution in [2.24, 2.45) is 11.7 Å². The van der Waals surface area contributed by atoms with E-state index in [1.807, 2.05) is 18.2 Å². The topological polar surface area (TPSA) is 62.9 Å². The molecule has 2 N–H and O–H groups in total. The largest absolute Gasteiger partial charge is 0.379 e. The molecule has 3 aromatic rings. The molecule has 5 nitrogen and oxygen atoms in total. The number of unbranched alkanes of at least 4 members (excludes halogenated alkanes) is 3. The molecular formula is C35H49NO4. The number of hydrogen-bond donors (Lipinski definition) is 1. The van der Waals surface area contributed by atoms with Crippen LogP contribution in [-0.4, -0.2) is 52.8 Å². The molecule has 0 aromatic heterocycles. The van der Waals surface area contributed by atoms with E-state index < -0.39 is 5.60 Å². The highest BCUT2D eigenvalue weighted by Gasteiger charge is 2.37. The van der Waals surface area contributed by atoms with Gasteiger partial charge >= 0.3 is 0 Å². The highest BCUT2D eigenvalue weighted by atomic mass is 16.6. The Morgan fingerprint density at radius 3 is 1.45 bits per heavy atom. The molecular weight excluding hydrogens is 498 g/mol. The Hall–Kier alpha value is -2.54. The van der Waals surface area contributed by atoms with Gasteiger partial charge in [-0.3, -0.25) is 0 Å². The number of rotatable bonds is 22. The van der Waals surface area contributed by atoms with E-state index in [2.05, 4.69) is 79.7 Å². The van der Waals surface area contributed by atoms with E-state index in [0.717, 1.165) is 36.3 Å². The van der Waals surface area contributed by atoms with Gasteiger partial charge in [0.15, 0.2) is 0 Å². The second-order valence-corrected chi connectivity index (χ2v) is 10.2. The second kappa shape index (κ2) is 19.5. The predicted molar refractivity (Wildman–Crippen MR) is 164 cm³/mol. The fourth-order valence-electron chi connectivity index (χ4n) is 5.05. The van der Waals surface area contributed by atoms with Crippen LogP contribution in [0.25, 0.3) is 0 Å². The monoisotopic (exact) mass is 547 g/mol. The van der Waals surface area contributed by atoms with Gasteiger partial charge in [0.2, 0.25) is 0 Å². The smallest absolute Gasteiger partial charge is 0.143 e. The van der Waals surface area contributed by atoms with Crippen LogP contribution >= 0.6 is 0 Å². The SMILES string of the molecule is CCCCCCC(CN)CCOCCOCCOCCOC(c1ccccc1)(c1ccccc1)c1ccccc1. The van der Waals surface area contributed by atoms with Gasteiger partial charge in [0.1, 0.15) is 5.60 Å². The van der Waals surface area contributed by atoms with Gasteiger partial charge in [-0.25, -0.2) is 0 Å². The first-order valence-corrected chi connectivity index (χ1v) is 15.0. The molecule has 0 radical (unpaired) electrons. The van der Waals surface area contributed by atoms with Gasteiger partial charge in [0, 0.05) is 6.61 Å². The first-order chi connectivity index (χ1) is 19.8. The lowest BCUT2D eigenvalue weighted by Crippen LogP contribution is -2.34. The Bertz CT molecular complexity index is 903. The maximum absolute atomic E-state index is 6.73. The minimum Gasteiger partial charge on any atom is -0.379 e. The Labute approximate surface area is 242 Å². The second-order valence-electron chi connectivity index (χ2n) is 10.2. The lowest BCUT2D eigenvalue weighted by atomic mass is 9.80. The number of hydrogen-bond acceptors (Lipinski definition) is 5. The molecule has 0 saturated heterocycles. The molecule has 0 bridgehead atoms. The van der Waals surface area contributed by atoms with Crippen molar-refractivity contribution in [2.75, 3.05) is 52.8 Å². The molecule has 0 spiro atoms. The van der Waals surface area contributed by atoms with Crippen molar-refractivity contribution in [3.8, 4) is 0 Å². The summed E-state index contributed by atoms with van der Waals surface area (Å²) in [5, 5.41) is 0. The van der Waals surface area contributed by atoms with E-state index >= 15 is 0 Å². The van der Waals surface area contributed by atoms with Gasteiger partial charge in [-0.2, -0.15) is 0 Å². The van der Waals surface area contributed by atoms with Gasteiger partial charge in [-0.15, -0.1) is 0 Å². The van der Waals surface area contributed by atoms with Crippen LogP contribution in [0.3, 0.4) is 0 Å². The predicted octanol–water partition coefficient (Wildman–Crippen LogP) is 6.98. The minimum absolute atomic E-state index is 0.447. The molecule has 218 valence electrons. The molecule has 40 heavy (non-hydrogen) atoms. The van der Waals surface area contributed by atoms with Crippen LogP contribution in [0.15, 0.2) is 91.0 Å². The number of benzene rings is 3. The average Bonchev–Trinajstić information content (AvgIpc) is 3.02. The fourth-order valence-corrected chi connectivity index (χ4v) is 5.05. The highest BCUT2D eigenvalue weighted by Crippen LogP contribution is 2.40. The molecule has 0 saturated carbocycles. The van der Waals surface area contributed by atoms with Gasteiger partial charge in [-0.1, -0.05) is 124 Å². The van der Waals surface area contributed by atoms with E-state index in [4.69, 9.17) is 24.7 Å². The fraction of sp³-hybridized carbons (Fsp3) is 0.486. The van der Waals surface area contributed by atoms with E-state index in [1.54, 1.807) is 0 Å². The van der Waals surface area contributed by atoms with Crippen molar-refractivity contribution >= 4 is 0 Å². The molecule has 3 aromatic carbocycles. The van der Waals surface area contributed by atoms with Crippen LogP contribution in [0.1, 0.15) is 62.1 Å². The zero-order chi connectivity index (χ0) is 28.1. The lowest BCUT2D eigenvalue weighted by Gasteiger charge is -2.36. The summed E-state index contributed by atoms with van der Waals surface area (Å²) >= 11 is 0. The third-order valence-corrected chi connectivity index (χ3v) is 7.30. The summed E-state index contributed by atoms with van der Waals surface area (Å²) < 4.78 is 24.1. The maximum atomic E-state index is 6.73. The van der Waals surface area contributed by atoms with E-state index in [1.165, 1.54) is 32.1 Å². The summed E-state index contributed by atoms with van der Waals surface area (Å²) in [7, 11) is 0. The molecule has 1 atom stereocenters. The van der Waals surface area contributed by atoms with Crippen LogP contribution in [0.2, 0.25) is 0 Å². The summed E-state index contributed by atoms with van der Waals surface area (Å²) in [5.41, 5.74) is 8.47. The quantitative estimate of drug-likeness (QED) is 0.109. The first kappa shape index (κ1) is 32.0. The molecule has 0 aliphatic heterocycles. The van der Waals surface area contributed by atoms with Crippen LogP contribution in [0.5, 0.6) is 0 Å². The molecule has 0 heterocycles. The zero-order valence-electron chi connectivity index (χ0n) is 24.3. The van der Waals surface area contributed by atoms with E-state index in [9.17, 15) is 0 Å². The maximum Gasteiger partial charge on any atom is 0.143 e. The summed E-state index contributed by atoms with van der Waals surface area (Å²) in [6.07, 6.45) is 7.41. The standard InChI is InChI=1S/C35H49NO4/c1-2-3-4-8-15-31(30-36)22-23-37-24-25-38-26-27-39-28-29-40-35(32-16-9-5-10-17-32,33-18-11-6-12-19-33)34-20-13-7-14-21-34/h5-7,9-14,16-21,31H,2-4,8,15,22-30,36H2,1H3. The van der Waals surface area contributed by atoms with Crippen molar-refractivity contribution in [1.29, 1.82) is 0 Å². The third kappa shape index (κ3) is 10.5. The Kier molecular flexibility index (Phi) is 15.6. The van der Waals surface area contributed by atoms with E-state index in [-0.39, 0.29) is 0 Å². The van der Waals surface area contributed by atoms with Gasteiger partial charge in [0.05, 0.1) is 39.6 Å². The lowest BCUT2D eigenvalue weighted by molar-refractivity contribution is -0.0370. The summed E-state index contributed by atoms with van der Waals surface area (Å²) in [4.78, 5) is 0. The molecule has 0 aliphatic rings. The third-order valence-electron chi connectivity index (χ3n) is 7.30. The Morgan fingerprint density at radius 1 is 0.550 bits per heavy atom. The van der Waals surface area contributed by atoms with Gasteiger partial charge < -0.3 is 24.7 Å². The van der Waals surface area contributed by atoms with Crippen molar-refractivity contribution in [3.05, 3.63) is 108 Å². The van der Waals surface area contributed by atoms with Crippen LogP contribution < -0.4 is 5.73 Å². The summed E-state index contributed by atoms with van der Waals surface area (Å²) in [5.74, 6) is 0.567. The zero-order valence-corrected chi connectivity index (χ0v) is 24.3. The van der Waals surface area contributed by atoms with Crippen LogP contribution in [0.4, 0.5) is 0 Å². The number of nitrogens with two attached hydrogens (primary N) is 1. The summed E-state index contributed by atoms with van der Waals surface area (Å²) in [6.45, 7) is 6.89. The van der Waals surface area contributed by atoms with Crippen molar-refractivity contribution < 1.29 is 18.9 Å². The molecule has 0 fully saturated rings. The molecule has 0 amide bonds. The van der Waals surface area contributed by atoms with Crippen LogP contribution in [0, 0.1) is 5.92 Å². The van der Waals surface area contributed by atoms with Gasteiger partial charge in [-0.05, 0) is 42.0 Å². The molecule has 1 unspecified atom stereocenters.